The molecule has 366 valence electrons. The fraction of sp³-hybridized carbons (Fsp3) is 0.103. The zero-order chi connectivity index (χ0) is 51.6. The number of anilines is 2. The van der Waals surface area contributed by atoms with Gasteiger partial charge in [-0.1, -0.05) is 72.8 Å². The fourth-order valence-corrected chi connectivity index (χ4v) is 9.20. The Bertz CT molecular complexity index is 3460. The number of phenols is 4. The first-order chi connectivity index (χ1) is 35.9. The number of ketones is 4. The standard InChI is InChI=1S/C58H44N6O10/c1-73-49-27-31(11-17-43(49)63-61-41-19-13-33(65)29-47(41)67)23-25-59-45-21-15-35(51-53(45)57(71)39-9-5-3-7-37(39)55(51)69)36-16-22-46(54-52(36)56(70)38-8-4-6-10-40(38)58(54)72)60-26-24-32-12-18-44(50(28-32)74-2)64-62-42-20-14-34(66)30-48(42)68/h3-22,27-30,59-60,65-68H,23-26H2,1-2H3. The van der Waals surface area contributed by atoms with Crippen LogP contribution >= 0.6 is 0 Å². The molecule has 0 aliphatic heterocycles. The van der Waals surface area contributed by atoms with Crippen molar-refractivity contribution in [2.24, 2.45) is 20.5 Å². The molecule has 0 aromatic heterocycles. The molecule has 6 N–H and O–H groups in total. The normalized spacial score (nSPS) is 12.6. The lowest BCUT2D eigenvalue weighted by Crippen LogP contribution is -2.26. The molecule has 0 amide bonds. The summed E-state index contributed by atoms with van der Waals surface area (Å²) in [5, 5.41) is 63.0. The first-order valence-electron chi connectivity index (χ1n) is 23.3. The minimum Gasteiger partial charge on any atom is -0.508 e. The Balaban J connectivity index is 0.956. The Kier molecular flexibility index (Phi) is 12.9. The van der Waals surface area contributed by atoms with Crippen molar-refractivity contribution in [3.8, 4) is 45.6 Å². The van der Waals surface area contributed by atoms with Crippen molar-refractivity contribution in [1.82, 2.24) is 0 Å². The third kappa shape index (κ3) is 9.02. The Morgan fingerprint density at radius 3 is 1.11 bits per heavy atom. The van der Waals surface area contributed by atoms with Crippen molar-refractivity contribution in [1.29, 1.82) is 0 Å². The molecule has 8 aromatic carbocycles. The number of nitrogens with one attached hydrogen (secondary N) is 2. The summed E-state index contributed by atoms with van der Waals surface area (Å²) in [6, 6.07) is 38.8. The number of carbonyl (C=O) groups excluding carboxylic acids is 4. The largest absolute Gasteiger partial charge is 0.508 e. The number of fused-ring (bicyclic) bond motifs is 4. The summed E-state index contributed by atoms with van der Waals surface area (Å²) >= 11 is 0. The van der Waals surface area contributed by atoms with E-state index in [4.69, 9.17) is 9.47 Å². The lowest BCUT2D eigenvalue weighted by Gasteiger charge is -2.27. The summed E-state index contributed by atoms with van der Waals surface area (Å²) in [6.07, 6.45) is 0.914. The molecule has 0 unspecified atom stereocenters. The quantitative estimate of drug-likeness (QED) is 0.0526. The third-order valence-electron chi connectivity index (χ3n) is 12.8. The number of hydrogen-bond acceptors (Lipinski definition) is 16. The van der Waals surface area contributed by atoms with Gasteiger partial charge in [-0.2, -0.15) is 0 Å². The highest BCUT2D eigenvalue weighted by molar-refractivity contribution is 6.35. The van der Waals surface area contributed by atoms with Gasteiger partial charge in [0, 0.05) is 70.0 Å². The number of rotatable bonds is 15. The molecule has 0 saturated carbocycles. The zero-order valence-corrected chi connectivity index (χ0v) is 39.7. The molecular formula is C58H44N6O10. The molecule has 0 heterocycles. The van der Waals surface area contributed by atoms with E-state index >= 15 is 0 Å². The van der Waals surface area contributed by atoms with Gasteiger partial charge in [0.1, 0.15) is 57.2 Å². The maximum absolute atomic E-state index is 14.8. The van der Waals surface area contributed by atoms with Crippen molar-refractivity contribution in [2.75, 3.05) is 37.9 Å². The smallest absolute Gasteiger partial charge is 0.196 e. The monoisotopic (exact) mass is 984 g/mol. The molecule has 74 heavy (non-hydrogen) atoms. The summed E-state index contributed by atoms with van der Waals surface area (Å²) < 4.78 is 11.2. The summed E-state index contributed by atoms with van der Waals surface area (Å²) in [5.41, 5.74) is 5.72. The third-order valence-corrected chi connectivity index (χ3v) is 12.8. The Hall–Kier alpha value is -9.96. The van der Waals surface area contributed by atoms with E-state index in [1.807, 2.05) is 12.1 Å². The number of azo groups is 2. The van der Waals surface area contributed by atoms with Crippen LogP contribution in [0.2, 0.25) is 0 Å². The highest BCUT2D eigenvalue weighted by Crippen LogP contribution is 2.44. The lowest BCUT2D eigenvalue weighted by molar-refractivity contribution is 0.0978. The summed E-state index contributed by atoms with van der Waals surface area (Å²) in [6.45, 7) is 0.655. The highest BCUT2D eigenvalue weighted by Gasteiger charge is 2.38. The summed E-state index contributed by atoms with van der Waals surface area (Å²) in [7, 11) is 3.00. The molecule has 2 aliphatic carbocycles. The van der Waals surface area contributed by atoms with Gasteiger partial charge < -0.3 is 40.5 Å². The Morgan fingerprint density at radius 2 is 0.743 bits per heavy atom. The number of benzene rings is 8. The van der Waals surface area contributed by atoms with Crippen LogP contribution in [-0.2, 0) is 12.8 Å². The molecule has 16 nitrogen and oxygen atoms in total. The minimum atomic E-state index is -0.406. The minimum absolute atomic E-state index is 0.105. The number of aromatic hydroxyl groups is 4. The molecule has 16 heteroatoms. The van der Waals surface area contributed by atoms with Crippen molar-refractivity contribution in [3.05, 3.63) is 201 Å². The molecule has 0 bridgehead atoms. The van der Waals surface area contributed by atoms with Crippen LogP contribution in [0, 0.1) is 0 Å². The molecule has 0 saturated heterocycles. The zero-order valence-electron chi connectivity index (χ0n) is 39.7. The SMILES string of the molecule is COc1cc(CCNc2ccc(-c3ccc(NCCc4ccc(N=Nc5ccc(O)cc5O)c(OC)c4)c4c3C(=O)c3ccccc3C4=O)c3c2C(=O)c2ccccc2C3=O)ccc1N=Nc1ccc(O)cc1O. The van der Waals surface area contributed by atoms with E-state index in [-0.39, 0.29) is 90.4 Å². The van der Waals surface area contributed by atoms with Crippen molar-refractivity contribution in [3.63, 3.8) is 0 Å². The van der Waals surface area contributed by atoms with Crippen LogP contribution in [0.5, 0.6) is 34.5 Å². The van der Waals surface area contributed by atoms with Crippen molar-refractivity contribution in [2.45, 2.75) is 12.8 Å². The predicted molar refractivity (Wildman–Crippen MR) is 277 cm³/mol. The van der Waals surface area contributed by atoms with Gasteiger partial charge in [-0.3, -0.25) is 19.2 Å². The molecule has 2 aliphatic rings. The van der Waals surface area contributed by atoms with Gasteiger partial charge in [0.15, 0.2) is 23.1 Å². The second-order valence-corrected chi connectivity index (χ2v) is 17.3. The number of phenolic OH excluding ortho intramolecular Hbond substituents is 4. The van der Waals surface area contributed by atoms with Crippen LogP contribution in [0.25, 0.3) is 11.1 Å². The van der Waals surface area contributed by atoms with Crippen molar-refractivity contribution < 1.29 is 49.1 Å². The van der Waals surface area contributed by atoms with Gasteiger partial charge >= 0.3 is 0 Å². The van der Waals surface area contributed by atoms with E-state index < -0.39 is 11.6 Å². The van der Waals surface area contributed by atoms with E-state index in [2.05, 4.69) is 31.1 Å². The number of methoxy groups -OCH3 is 2. The number of ether oxygens (including phenoxy) is 2. The van der Waals surface area contributed by atoms with Gasteiger partial charge in [-0.25, -0.2) is 0 Å². The number of nitrogens with zero attached hydrogens (tertiary/aromatic N) is 4. The molecule has 0 spiro atoms. The van der Waals surface area contributed by atoms with Crippen LogP contribution in [0.15, 0.2) is 166 Å². The second-order valence-electron chi connectivity index (χ2n) is 17.3. The van der Waals surface area contributed by atoms with Gasteiger partial charge in [-0.05, 0) is 95.8 Å². The molecule has 8 aromatic rings. The molecule has 0 atom stereocenters. The van der Waals surface area contributed by atoms with Gasteiger partial charge in [0.2, 0.25) is 0 Å². The Morgan fingerprint density at radius 1 is 0.392 bits per heavy atom. The maximum atomic E-state index is 14.8. The first-order valence-corrected chi connectivity index (χ1v) is 23.3. The fourth-order valence-electron chi connectivity index (χ4n) is 9.20. The second kappa shape index (κ2) is 20.0. The molecular weight excluding hydrogens is 941 g/mol. The average molecular weight is 985 g/mol. The van der Waals surface area contributed by atoms with E-state index in [1.54, 1.807) is 97.1 Å². The molecule has 0 fully saturated rings. The van der Waals surface area contributed by atoms with E-state index in [0.717, 1.165) is 23.3 Å². The first kappa shape index (κ1) is 47.7. The summed E-state index contributed by atoms with van der Waals surface area (Å²) in [5.74, 6) is -1.40. The summed E-state index contributed by atoms with van der Waals surface area (Å²) in [4.78, 5) is 58.8. The van der Waals surface area contributed by atoms with E-state index in [1.165, 1.54) is 38.5 Å². The van der Waals surface area contributed by atoms with Crippen LogP contribution in [-0.4, -0.2) is 70.9 Å². The van der Waals surface area contributed by atoms with Crippen LogP contribution in [0.1, 0.15) is 74.8 Å². The Labute approximate surface area is 423 Å². The van der Waals surface area contributed by atoms with Crippen molar-refractivity contribution >= 4 is 57.3 Å². The van der Waals surface area contributed by atoms with E-state index in [9.17, 15) is 39.6 Å². The topological polar surface area (TPSA) is 241 Å². The molecule has 10 rings (SSSR count). The maximum Gasteiger partial charge on any atom is 0.196 e. The highest BCUT2D eigenvalue weighted by atomic mass is 16.5. The van der Waals surface area contributed by atoms with Crippen LogP contribution in [0.3, 0.4) is 0 Å². The van der Waals surface area contributed by atoms with Gasteiger partial charge in [-0.15, -0.1) is 20.5 Å². The van der Waals surface area contributed by atoms with Crippen LogP contribution < -0.4 is 20.1 Å². The predicted octanol–water partition coefficient (Wildman–Crippen LogP) is 11.9. The molecule has 0 radical (unpaired) electrons. The van der Waals surface area contributed by atoms with Gasteiger partial charge in [0.25, 0.3) is 0 Å². The average Bonchev–Trinajstić information content (AvgIpc) is 3.42. The van der Waals surface area contributed by atoms with E-state index in [0.29, 0.717) is 71.3 Å². The number of carbonyl (C=O) groups is 4. The van der Waals surface area contributed by atoms with Crippen LogP contribution in [0.4, 0.5) is 34.1 Å². The van der Waals surface area contributed by atoms with Gasteiger partial charge in [0.05, 0.1) is 25.3 Å². The lowest BCUT2D eigenvalue weighted by atomic mass is 9.75. The number of hydrogen-bond donors (Lipinski definition) is 6.